The zero-order valence-corrected chi connectivity index (χ0v) is 15.0. The summed E-state index contributed by atoms with van der Waals surface area (Å²) in [5, 5.41) is 2.84. The molecule has 2 aromatic rings. The highest BCUT2D eigenvalue weighted by molar-refractivity contribution is 5.98. The van der Waals surface area contributed by atoms with Crippen molar-refractivity contribution in [2.75, 3.05) is 12.4 Å². The Bertz CT molecular complexity index is 770. The van der Waals surface area contributed by atoms with Gasteiger partial charge in [0.25, 0.3) is 5.91 Å². The van der Waals surface area contributed by atoms with Crippen molar-refractivity contribution in [1.29, 1.82) is 0 Å². The molecular formula is C20H23NO4. The molecule has 0 unspecified atom stereocenters. The van der Waals surface area contributed by atoms with E-state index in [-0.39, 0.29) is 5.91 Å². The molecule has 1 atom stereocenters. The standard InChI is InChI=1S/C20H23NO4/c1-5-18(25-15-9-6-8-13(2)12-15)19(22)21-17-11-7-10-16(14(17)3)20(23)24-4/h6-12,18H,5H2,1-4H3,(H,21,22)/t18-/m0/s1. The van der Waals surface area contributed by atoms with Crippen molar-refractivity contribution in [3.63, 3.8) is 0 Å². The highest BCUT2D eigenvalue weighted by Crippen LogP contribution is 2.21. The molecule has 0 heterocycles. The monoisotopic (exact) mass is 341 g/mol. The van der Waals surface area contributed by atoms with Crippen LogP contribution in [-0.4, -0.2) is 25.1 Å². The molecule has 132 valence electrons. The summed E-state index contributed by atoms with van der Waals surface area (Å²) in [4.78, 5) is 24.4. The van der Waals surface area contributed by atoms with E-state index < -0.39 is 12.1 Å². The predicted molar refractivity (Wildman–Crippen MR) is 97.0 cm³/mol. The van der Waals surface area contributed by atoms with Gasteiger partial charge < -0.3 is 14.8 Å². The third-order valence-electron chi connectivity index (χ3n) is 3.93. The van der Waals surface area contributed by atoms with E-state index in [9.17, 15) is 9.59 Å². The number of anilines is 1. The number of amides is 1. The second kappa shape index (κ2) is 8.33. The first-order valence-corrected chi connectivity index (χ1v) is 8.18. The molecule has 5 nitrogen and oxygen atoms in total. The van der Waals surface area contributed by atoms with Crippen LogP contribution in [0.1, 0.15) is 34.8 Å². The number of nitrogens with one attached hydrogen (secondary N) is 1. The van der Waals surface area contributed by atoms with E-state index in [1.807, 2.05) is 38.1 Å². The van der Waals surface area contributed by atoms with Gasteiger partial charge in [-0.1, -0.05) is 25.1 Å². The van der Waals surface area contributed by atoms with Crippen LogP contribution in [0.25, 0.3) is 0 Å². The quantitative estimate of drug-likeness (QED) is 0.810. The molecule has 1 amide bonds. The number of aryl methyl sites for hydroxylation is 1. The van der Waals surface area contributed by atoms with E-state index >= 15 is 0 Å². The summed E-state index contributed by atoms with van der Waals surface area (Å²) < 4.78 is 10.6. The minimum atomic E-state index is -0.622. The highest BCUT2D eigenvalue weighted by atomic mass is 16.5. The summed E-state index contributed by atoms with van der Waals surface area (Å²) in [5.74, 6) is -0.0344. The summed E-state index contributed by atoms with van der Waals surface area (Å²) >= 11 is 0. The van der Waals surface area contributed by atoms with Crippen molar-refractivity contribution >= 4 is 17.6 Å². The normalized spacial score (nSPS) is 11.5. The molecular weight excluding hydrogens is 318 g/mol. The van der Waals surface area contributed by atoms with E-state index in [1.165, 1.54) is 7.11 Å². The fraction of sp³-hybridized carbons (Fsp3) is 0.300. The van der Waals surface area contributed by atoms with Crippen molar-refractivity contribution in [2.45, 2.75) is 33.3 Å². The van der Waals surface area contributed by atoms with Gasteiger partial charge in [0, 0.05) is 5.69 Å². The molecule has 0 spiro atoms. The largest absolute Gasteiger partial charge is 0.481 e. The Morgan fingerprint density at radius 2 is 1.84 bits per heavy atom. The number of hydrogen-bond acceptors (Lipinski definition) is 4. The minimum Gasteiger partial charge on any atom is -0.481 e. The topological polar surface area (TPSA) is 64.6 Å². The number of rotatable bonds is 6. The Morgan fingerprint density at radius 3 is 2.48 bits per heavy atom. The Balaban J connectivity index is 2.16. The number of hydrogen-bond donors (Lipinski definition) is 1. The minimum absolute atomic E-state index is 0.255. The maximum absolute atomic E-state index is 12.6. The van der Waals surface area contributed by atoms with Gasteiger partial charge in [-0.15, -0.1) is 0 Å². The molecule has 0 aliphatic heterocycles. The van der Waals surface area contributed by atoms with Crippen LogP contribution < -0.4 is 10.1 Å². The molecule has 0 saturated heterocycles. The van der Waals surface area contributed by atoms with Gasteiger partial charge in [-0.25, -0.2) is 4.79 Å². The van der Waals surface area contributed by atoms with E-state index in [4.69, 9.17) is 9.47 Å². The first kappa shape index (κ1) is 18.5. The molecule has 0 aliphatic rings. The average Bonchev–Trinajstić information content (AvgIpc) is 2.60. The molecule has 0 saturated carbocycles. The molecule has 0 aromatic heterocycles. The van der Waals surface area contributed by atoms with Gasteiger partial charge in [-0.2, -0.15) is 0 Å². The number of carbonyl (C=O) groups excluding carboxylic acids is 2. The lowest BCUT2D eigenvalue weighted by Gasteiger charge is -2.19. The summed E-state index contributed by atoms with van der Waals surface area (Å²) in [6, 6.07) is 12.7. The summed E-state index contributed by atoms with van der Waals surface area (Å²) in [5.41, 5.74) is 2.72. The van der Waals surface area contributed by atoms with Gasteiger partial charge in [0.15, 0.2) is 6.10 Å². The number of benzene rings is 2. The molecule has 2 aromatic carbocycles. The Hall–Kier alpha value is -2.82. The lowest BCUT2D eigenvalue weighted by Crippen LogP contribution is -2.32. The molecule has 0 fully saturated rings. The zero-order chi connectivity index (χ0) is 18.4. The fourth-order valence-electron chi connectivity index (χ4n) is 2.49. The third kappa shape index (κ3) is 4.59. The Labute approximate surface area is 148 Å². The van der Waals surface area contributed by atoms with Crippen molar-refractivity contribution in [3.05, 3.63) is 59.2 Å². The van der Waals surface area contributed by atoms with Gasteiger partial charge in [-0.05, 0) is 55.7 Å². The molecule has 0 aliphatic carbocycles. The van der Waals surface area contributed by atoms with Crippen LogP contribution in [0.3, 0.4) is 0 Å². The maximum atomic E-state index is 12.6. The van der Waals surface area contributed by atoms with Crippen LogP contribution in [0.5, 0.6) is 5.75 Å². The highest BCUT2D eigenvalue weighted by Gasteiger charge is 2.20. The molecule has 0 bridgehead atoms. The van der Waals surface area contributed by atoms with Crippen LogP contribution in [-0.2, 0) is 9.53 Å². The van der Waals surface area contributed by atoms with Crippen LogP contribution in [0.15, 0.2) is 42.5 Å². The van der Waals surface area contributed by atoms with Crippen LogP contribution in [0.2, 0.25) is 0 Å². The Kier molecular flexibility index (Phi) is 6.17. The van der Waals surface area contributed by atoms with E-state index in [2.05, 4.69) is 5.32 Å². The lowest BCUT2D eigenvalue weighted by atomic mass is 10.1. The van der Waals surface area contributed by atoms with Crippen LogP contribution in [0.4, 0.5) is 5.69 Å². The second-order valence-electron chi connectivity index (χ2n) is 5.79. The number of ether oxygens (including phenoxy) is 2. The van der Waals surface area contributed by atoms with Gasteiger partial charge >= 0.3 is 5.97 Å². The lowest BCUT2D eigenvalue weighted by molar-refractivity contribution is -0.122. The van der Waals surface area contributed by atoms with Crippen molar-refractivity contribution < 1.29 is 19.1 Å². The third-order valence-corrected chi connectivity index (χ3v) is 3.93. The van der Waals surface area contributed by atoms with E-state index in [1.54, 1.807) is 25.1 Å². The van der Waals surface area contributed by atoms with Gasteiger partial charge in [-0.3, -0.25) is 4.79 Å². The van der Waals surface area contributed by atoms with Gasteiger partial charge in [0.2, 0.25) is 0 Å². The molecule has 5 heteroatoms. The van der Waals surface area contributed by atoms with Crippen molar-refractivity contribution in [2.24, 2.45) is 0 Å². The van der Waals surface area contributed by atoms with Crippen molar-refractivity contribution in [1.82, 2.24) is 0 Å². The zero-order valence-electron chi connectivity index (χ0n) is 15.0. The number of esters is 1. The summed E-state index contributed by atoms with van der Waals surface area (Å²) in [6.07, 6.45) is -0.0989. The van der Waals surface area contributed by atoms with E-state index in [0.29, 0.717) is 29.0 Å². The molecule has 2 rings (SSSR count). The molecule has 1 N–H and O–H groups in total. The molecule has 25 heavy (non-hydrogen) atoms. The smallest absolute Gasteiger partial charge is 0.338 e. The Morgan fingerprint density at radius 1 is 1.12 bits per heavy atom. The number of methoxy groups -OCH3 is 1. The average molecular weight is 341 g/mol. The van der Waals surface area contributed by atoms with Gasteiger partial charge in [0.05, 0.1) is 12.7 Å². The predicted octanol–water partition coefficient (Wildman–Crippen LogP) is 3.89. The van der Waals surface area contributed by atoms with Gasteiger partial charge in [0.1, 0.15) is 5.75 Å². The summed E-state index contributed by atoms with van der Waals surface area (Å²) in [6.45, 7) is 5.62. The maximum Gasteiger partial charge on any atom is 0.338 e. The first-order chi connectivity index (χ1) is 12.0. The molecule has 0 radical (unpaired) electrons. The number of carbonyl (C=O) groups is 2. The van der Waals surface area contributed by atoms with Crippen LogP contribution in [0, 0.1) is 13.8 Å². The fourth-order valence-corrected chi connectivity index (χ4v) is 2.49. The first-order valence-electron chi connectivity index (χ1n) is 8.18. The second-order valence-corrected chi connectivity index (χ2v) is 5.79. The van der Waals surface area contributed by atoms with Crippen molar-refractivity contribution in [3.8, 4) is 5.75 Å². The van der Waals surface area contributed by atoms with Crippen LogP contribution >= 0.6 is 0 Å². The summed E-state index contributed by atoms with van der Waals surface area (Å²) in [7, 11) is 1.33. The SMILES string of the molecule is CC[C@H](Oc1cccc(C)c1)C(=O)Nc1cccc(C(=O)OC)c1C. The van der Waals surface area contributed by atoms with E-state index in [0.717, 1.165) is 5.56 Å².